The Morgan fingerprint density at radius 1 is 1.13 bits per heavy atom. The zero-order valence-corrected chi connectivity index (χ0v) is 8.19. The number of hydrogen-bond acceptors (Lipinski definition) is 6. The van der Waals surface area contributed by atoms with E-state index in [0.717, 1.165) is 0 Å². The second-order valence-corrected chi connectivity index (χ2v) is 4.25. The van der Waals surface area contributed by atoms with E-state index >= 15 is 0 Å². The first-order valence-electron chi connectivity index (χ1n) is 4.16. The van der Waals surface area contributed by atoms with Gasteiger partial charge in [0.1, 0.15) is 0 Å². The Labute approximate surface area is 85.6 Å². The molecule has 2 aliphatic heterocycles. The molecule has 1 fully saturated rings. The molecular formula is C8H6O6S. The molecule has 1 aromatic rings. The summed E-state index contributed by atoms with van der Waals surface area (Å²) in [6, 6.07) is 6.84. The van der Waals surface area contributed by atoms with Crippen LogP contribution in [0.1, 0.15) is 0 Å². The van der Waals surface area contributed by atoms with Crippen molar-refractivity contribution < 1.29 is 26.3 Å². The summed E-state index contributed by atoms with van der Waals surface area (Å²) < 4.78 is 40.9. The zero-order valence-electron chi connectivity index (χ0n) is 7.37. The summed E-state index contributed by atoms with van der Waals surface area (Å²) in [5, 5.41) is 0. The molecule has 2 aliphatic rings. The molecule has 0 amide bonds. The van der Waals surface area contributed by atoms with Crippen LogP contribution in [0.25, 0.3) is 0 Å². The van der Waals surface area contributed by atoms with Crippen molar-refractivity contribution in [3.8, 4) is 11.5 Å². The van der Waals surface area contributed by atoms with Crippen molar-refractivity contribution in [1.82, 2.24) is 0 Å². The average molecular weight is 230 g/mol. The zero-order chi connectivity index (χ0) is 10.5. The highest BCUT2D eigenvalue weighted by Crippen LogP contribution is 2.41. The van der Waals surface area contributed by atoms with E-state index in [4.69, 9.17) is 9.47 Å². The van der Waals surface area contributed by atoms with Crippen LogP contribution < -0.4 is 9.47 Å². The lowest BCUT2D eigenvalue weighted by molar-refractivity contribution is -0.327. The van der Waals surface area contributed by atoms with Crippen molar-refractivity contribution in [2.45, 2.75) is 5.97 Å². The predicted molar refractivity (Wildman–Crippen MR) is 46.4 cm³/mol. The molecule has 0 N–H and O–H groups in total. The number of para-hydroxylation sites is 2. The predicted octanol–water partition coefficient (Wildman–Crippen LogP) is 0.403. The molecule has 80 valence electrons. The Hall–Kier alpha value is -1.31. The maximum absolute atomic E-state index is 10.7. The van der Waals surface area contributed by atoms with Crippen molar-refractivity contribution in [2.24, 2.45) is 0 Å². The Morgan fingerprint density at radius 3 is 2.47 bits per heavy atom. The van der Waals surface area contributed by atoms with Gasteiger partial charge in [-0.25, -0.2) is 0 Å². The van der Waals surface area contributed by atoms with Crippen molar-refractivity contribution in [2.75, 3.05) is 6.61 Å². The summed E-state index contributed by atoms with van der Waals surface area (Å²) in [6.07, 6.45) is 0. The fourth-order valence-electron chi connectivity index (χ4n) is 1.42. The van der Waals surface area contributed by atoms with E-state index in [9.17, 15) is 8.42 Å². The molecule has 0 bridgehead atoms. The van der Waals surface area contributed by atoms with Gasteiger partial charge in [-0.3, -0.25) is 0 Å². The van der Waals surface area contributed by atoms with Crippen LogP contribution >= 0.6 is 0 Å². The number of hydrogen-bond donors (Lipinski definition) is 0. The van der Waals surface area contributed by atoms with Gasteiger partial charge in [0.05, 0.1) is 0 Å². The summed E-state index contributed by atoms with van der Waals surface area (Å²) in [7, 11) is -3.90. The normalized spacial score (nSPS) is 24.5. The second-order valence-electron chi connectivity index (χ2n) is 3.10. The summed E-state index contributed by atoms with van der Waals surface area (Å²) in [5.41, 5.74) is 0. The fourth-order valence-corrected chi connectivity index (χ4v) is 2.22. The Kier molecular flexibility index (Phi) is 1.57. The molecule has 2 heterocycles. The largest absolute Gasteiger partial charge is 0.480 e. The van der Waals surface area contributed by atoms with Gasteiger partial charge in [0, 0.05) is 0 Å². The summed E-state index contributed by atoms with van der Waals surface area (Å²) >= 11 is 0. The van der Waals surface area contributed by atoms with E-state index in [-0.39, 0.29) is 6.61 Å². The maximum atomic E-state index is 10.7. The molecule has 0 radical (unpaired) electrons. The highest BCUT2D eigenvalue weighted by Gasteiger charge is 2.58. The SMILES string of the molecule is O=S1(=O)OC2(COc3ccccc3O2)O1. The Bertz CT molecular complexity index is 496. The van der Waals surface area contributed by atoms with Crippen LogP contribution in [0.15, 0.2) is 24.3 Å². The van der Waals surface area contributed by atoms with Gasteiger partial charge >= 0.3 is 16.4 Å². The molecule has 1 saturated heterocycles. The van der Waals surface area contributed by atoms with Gasteiger partial charge in [0.25, 0.3) is 0 Å². The van der Waals surface area contributed by atoms with E-state index in [1.54, 1.807) is 24.3 Å². The molecule has 0 aliphatic carbocycles. The molecule has 0 unspecified atom stereocenters. The molecule has 0 atom stereocenters. The quantitative estimate of drug-likeness (QED) is 0.642. The highest BCUT2D eigenvalue weighted by atomic mass is 32.3. The lowest BCUT2D eigenvalue weighted by Crippen LogP contribution is -2.59. The molecule has 0 aromatic heterocycles. The van der Waals surface area contributed by atoms with Gasteiger partial charge < -0.3 is 9.47 Å². The Morgan fingerprint density at radius 2 is 1.80 bits per heavy atom. The first-order chi connectivity index (χ1) is 7.09. The summed E-state index contributed by atoms with van der Waals surface area (Å²) in [4.78, 5) is 0. The molecule has 6 nitrogen and oxygen atoms in total. The van der Waals surface area contributed by atoms with Crippen LogP contribution in [0.3, 0.4) is 0 Å². The minimum absolute atomic E-state index is 0.122. The number of fused-ring (bicyclic) bond motifs is 1. The molecule has 7 heteroatoms. The molecule has 0 saturated carbocycles. The monoisotopic (exact) mass is 230 g/mol. The number of rotatable bonds is 0. The van der Waals surface area contributed by atoms with Crippen molar-refractivity contribution in [3.63, 3.8) is 0 Å². The van der Waals surface area contributed by atoms with Crippen LogP contribution in [0.2, 0.25) is 0 Å². The van der Waals surface area contributed by atoms with Crippen molar-refractivity contribution >= 4 is 10.4 Å². The minimum atomic E-state index is -3.90. The van der Waals surface area contributed by atoms with Crippen molar-refractivity contribution in [3.05, 3.63) is 24.3 Å². The third-order valence-corrected chi connectivity index (χ3v) is 2.89. The number of ether oxygens (including phenoxy) is 2. The van der Waals surface area contributed by atoms with E-state index < -0.39 is 16.4 Å². The van der Waals surface area contributed by atoms with Gasteiger partial charge in [-0.1, -0.05) is 12.1 Å². The molecular weight excluding hydrogens is 224 g/mol. The summed E-state index contributed by atoms with van der Waals surface area (Å²) in [5.74, 6) is -0.717. The van der Waals surface area contributed by atoms with Crippen LogP contribution in [-0.2, 0) is 18.8 Å². The van der Waals surface area contributed by atoms with Gasteiger partial charge in [-0.2, -0.15) is 16.8 Å². The van der Waals surface area contributed by atoms with Gasteiger partial charge in [0.2, 0.25) is 0 Å². The summed E-state index contributed by atoms with van der Waals surface area (Å²) in [6.45, 7) is -0.122. The van der Waals surface area contributed by atoms with E-state index in [2.05, 4.69) is 8.37 Å². The van der Waals surface area contributed by atoms with Gasteiger partial charge in [-0.05, 0) is 12.1 Å². The lowest BCUT2D eigenvalue weighted by atomic mass is 10.3. The Balaban J connectivity index is 1.91. The first-order valence-corrected chi connectivity index (χ1v) is 5.49. The number of benzene rings is 1. The molecule has 3 rings (SSSR count). The standard InChI is InChI=1S/C8H6O6S/c9-15(10)13-8(14-15)5-11-6-3-1-2-4-7(6)12-8/h1-4H,5H2. The third-order valence-electron chi connectivity index (χ3n) is 1.98. The molecule has 1 aromatic carbocycles. The first kappa shape index (κ1) is 8.96. The van der Waals surface area contributed by atoms with E-state index in [1.807, 2.05) is 0 Å². The third kappa shape index (κ3) is 1.36. The van der Waals surface area contributed by atoms with Crippen LogP contribution in [0.4, 0.5) is 0 Å². The molecule has 15 heavy (non-hydrogen) atoms. The van der Waals surface area contributed by atoms with Crippen molar-refractivity contribution in [1.29, 1.82) is 0 Å². The minimum Gasteiger partial charge on any atom is -0.480 e. The maximum Gasteiger partial charge on any atom is 0.410 e. The average Bonchev–Trinajstić information content (AvgIpc) is 2.14. The highest BCUT2D eigenvalue weighted by molar-refractivity contribution is 7.82. The van der Waals surface area contributed by atoms with Gasteiger partial charge in [-0.15, -0.1) is 0 Å². The molecule has 1 spiro atoms. The lowest BCUT2D eigenvalue weighted by Gasteiger charge is -2.40. The van der Waals surface area contributed by atoms with Crippen LogP contribution in [-0.4, -0.2) is 21.0 Å². The van der Waals surface area contributed by atoms with E-state index in [0.29, 0.717) is 11.5 Å². The van der Waals surface area contributed by atoms with E-state index in [1.165, 1.54) is 0 Å². The topological polar surface area (TPSA) is 71.1 Å². The van der Waals surface area contributed by atoms with Crippen LogP contribution in [0.5, 0.6) is 11.5 Å². The van der Waals surface area contributed by atoms with Crippen LogP contribution in [0, 0.1) is 0 Å². The second kappa shape index (κ2) is 2.63. The smallest absolute Gasteiger partial charge is 0.410 e. The van der Waals surface area contributed by atoms with Gasteiger partial charge in [0.15, 0.2) is 18.1 Å². The fraction of sp³-hybridized carbons (Fsp3) is 0.250.